The molecule has 0 bridgehead atoms. The molecule has 0 saturated heterocycles. The second-order valence-electron chi connectivity index (χ2n) is 5.91. The van der Waals surface area contributed by atoms with Crippen molar-refractivity contribution in [2.45, 2.75) is 46.9 Å². The van der Waals surface area contributed by atoms with Crippen molar-refractivity contribution < 1.29 is 0 Å². The highest BCUT2D eigenvalue weighted by molar-refractivity contribution is 9.10. The molecule has 0 fully saturated rings. The van der Waals surface area contributed by atoms with E-state index in [0.717, 1.165) is 10.0 Å². The molecule has 2 aromatic rings. The van der Waals surface area contributed by atoms with E-state index in [1.165, 1.54) is 38.9 Å². The van der Waals surface area contributed by atoms with Crippen molar-refractivity contribution >= 4 is 27.5 Å². The maximum absolute atomic E-state index is 6.84. The lowest BCUT2D eigenvalue weighted by molar-refractivity contribution is 1.03. The van der Waals surface area contributed by atoms with Gasteiger partial charge in [0.05, 0.1) is 5.38 Å². The molecule has 2 rings (SSSR count). The van der Waals surface area contributed by atoms with Crippen molar-refractivity contribution in [2.24, 2.45) is 0 Å². The van der Waals surface area contributed by atoms with Gasteiger partial charge in [-0.3, -0.25) is 0 Å². The summed E-state index contributed by atoms with van der Waals surface area (Å²) in [6, 6.07) is 6.38. The van der Waals surface area contributed by atoms with Crippen LogP contribution >= 0.6 is 27.5 Å². The topological polar surface area (TPSA) is 0 Å². The molecule has 0 amide bonds. The van der Waals surface area contributed by atoms with Crippen LogP contribution in [0.5, 0.6) is 0 Å². The summed E-state index contributed by atoms with van der Waals surface area (Å²) in [4.78, 5) is 0. The minimum atomic E-state index is -0.111. The van der Waals surface area contributed by atoms with Gasteiger partial charge in [-0.1, -0.05) is 28.1 Å². The second-order valence-corrected chi connectivity index (χ2v) is 7.20. The van der Waals surface area contributed by atoms with Crippen molar-refractivity contribution in [2.75, 3.05) is 0 Å². The van der Waals surface area contributed by atoms with Crippen LogP contribution in [-0.4, -0.2) is 0 Å². The van der Waals surface area contributed by atoms with E-state index in [9.17, 15) is 0 Å². The van der Waals surface area contributed by atoms with Crippen LogP contribution in [-0.2, 0) is 0 Å². The average Bonchev–Trinajstić information content (AvgIpc) is 2.46. The smallest absolute Gasteiger partial charge is 0.0841 e. The summed E-state index contributed by atoms with van der Waals surface area (Å²) in [5.74, 6) is 0. The number of hydrogen-bond acceptors (Lipinski definition) is 0. The van der Waals surface area contributed by atoms with Gasteiger partial charge >= 0.3 is 0 Å². The number of benzene rings is 2. The Labute approximate surface area is 141 Å². The van der Waals surface area contributed by atoms with E-state index in [4.69, 9.17) is 11.6 Å². The Morgan fingerprint density at radius 2 is 1.29 bits per heavy atom. The van der Waals surface area contributed by atoms with Crippen molar-refractivity contribution in [1.29, 1.82) is 0 Å². The van der Waals surface area contributed by atoms with Crippen molar-refractivity contribution in [3.8, 4) is 0 Å². The largest absolute Gasteiger partial charge is 0.113 e. The number of rotatable bonds is 2. The molecule has 0 N–H and O–H groups in total. The van der Waals surface area contributed by atoms with Gasteiger partial charge in [0, 0.05) is 4.47 Å². The Morgan fingerprint density at radius 3 is 1.76 bits per heavy atom. The van der Waals surface area contributed by atoms with Gasteiger partial charge in [-0.25, -0.2) is 0 Å². The highest BCUT2D eigenvalue weighted by Gasteiger charge is 2.20. The van der Waals surface area contributed by atoms with Gasteiger partial charge in [0.25, 0.3) is 0 Å². The first-order chi connectivity index (χ1) is 9.75. The predicted molar refractivity (Wildman–Crippen MR) is 96.7 cm³/mol. The Bertz CT molecular complexity index is 672. The van der Waals surface area contributed by atoms with Gasteiger partial charge in [0.15, 0.2) is 0 Å². The van der Waals surface area contributed by atoms with E-state index in [0.29, 0.717) is 0 Å². The monoisotopic (exact) mass is 364 g/mol. The van der Waals surface area contributed by atoms with Gasteiger partial charge in [-0.2, -0.15) is 0 Å². The molecule has 0 heterocycles. The third-order valence-corrected chi connectivity index (χ3v) is 6.12. The van der Waals surface area contributed by atoms with Gasteiger partial charge < -0.3 is 0 Å². The SMILES string of the molecule is Cc1ccc(C(Cl)c2c(C)c(C)c(C)c(C)c2C)cc1Br. The molecular weight excluding hydrogens is 344 g/mol. The van der Waals surface area contributed by atoms with E-state index >= 15 is 0 Å². The molecule has 112 valence electrons. The normalized spacial score (nSPS) is 12.6. The lowest BCUT2D eigenvalue weighted by Gasteiger charge is -2.22. The quantitative estimate of drug-likeness (QED) is 0.524. The van der Waals surface area contributed by atoms with Crippen LogP contribution in [0, 0.1) is 41.5 Å². The van der Waals surface area contributed by atoms with Crippen LogP contribution in [0.15, 0.2) is 22.7 Å². The summed E-state index contributed by atoms with van der Waals surface area (Å²) in [5.41, 5.74) is 10.3. The zero-order chi connectivity index (χ0) is 15.9. The zero-order valence-electron chi connectivity index (χ0n) is 13.6. The van der Waals surface area contributed by atoms with Crippen molar-refractivity contribution in [1.82, 2.24) is 0 Å². The van der Waals surface area contributed by atoms with E-state index in [1.54, 1.807) is 0 Å². The summed E-state index contributed by atoms with van der Waals surface area (Å²) in [7, 11) is 0. The lowest BCUT2D eigenvalue weighted by atomic mass is 9.86. The summed E-state index contributed by atoms with van der Waals surface area (Å²) in [6.07, 6.45) is 0. The molecule has 0 aromatic heterocycles. The second kappa shape index (κ2) is 6.14. The Hall–Kier alpha value is -0.790. The first kappa shape index (κ1) is 16.6. The standard InChI is InChI=1S/C19H22BrCl/c1-10-7-8-16(9-17(10)20)19(21)18-14(5)12(3)11(2)13(4)15(18)6/h7-9,19H,1-6H3. The molecule has 1 atom stereocenters. The summed E-state index contributed by atoms with van der Waals surface area (Å²) in [5, 5.41) is -0.111. The van der Waals surface area contributed by atoms with Crippen LogP contribution in [0.25, 0.3) is 0 Å². The Morgan fingerprint density at radius 1 is 0.810 bits per heavy atom. The molecule has 1 unspecified atom stereocenters. The Kier molecular flexibility index (Phi) is 4.85. The molecule has 0 aliphatic heterocycles. The van der Waals surface area contributed by atoms with E-state index < -0.39 is 0 Å². The number of aryl methyl sites for hydroxylation is 1. The fourth-order valence-corrected chi connectivity index (χ4v) is 3.70. The molecule has 0 radical (unpaired) electrons. The van der Waals surface area contributed by atoms with E-state index in [2.05, 4.69) is 75.7 Å². The fraction of sp³-hybridized carbons (Fsp3) is 0.368. The highest BCUT2D eigenvalue weighted by atomic mass is 79.9. The first-order valence-corrected chi connectivity index (χ1v) is 8.45. The van der Waals surface area contributed by atoms with Crippen LogP contribution in [0.3, 0.4) is 0 Å². The molecule has 21 heavy (non-hydrogen) atoms. The third-order valence-electron chi connectivity index (χ3n) is 4.80. The molecule has 0 saturated carbocycles. The maximum Gasteiger partial charge on any atom is 0.0841 e. The van der Waals surface area contributed by atoms with Gasteiger partial charge in [0.1, 0.15) is 0 Å². The first-order valence-electron chi connectivity index (χ1n) is 7.22. The molecule has 0 nitrogen and oxygen atoms in total. The molecule has 0 spiro atoms. The number of halogens is 2. The maximum atomic E-state index is 6.84. The minimum Gasteiger partial charge on any atom is -0.113 e. The van der Waals surface area contributed by atoms with Crippen molar-refractivity contribution in [3.63, 3.8) is 0 Å². The molecule has 2 heteroatoms. The van der Waals surface area contributed by atoms with E-state index in [1.807, 2.05) is 0 Å². The van der Waals surface area contributed by atoms with Gasteiger partial charge in [0.2, 0.25) is 0 Å². The Balaban J connectivity index is 2.63. The van der Waals surface area contributed by atoms with Crippen LogP contribution in [0.4, 0.5) is 0 Å². The summed E-state index contributed by atoms with van der Waals surface area (Å²) < 4.78 is 1.11. The predicted octanol–water partition coefficient (Wildman–Crippen LogP) is 6.63. The zero-order valence-corrected chi connectivity index (χ0v) is 15.9. The average molecular weight is 366 g/mol. The van der Waals surface area contributed by atoms with Crippen LogP contribution in [0.2, 0.25) is 0 Å². The highest BCUT2D eigenvalue weighted by Crippen LogP contribution is 2.38. The summed E-state index contributed by atoms with van der Waals surface area (Å²) in [6.45, 7) is 13.0. The summed E-state index contributed by atoms with van der Waals surface area (Å²) >= 11 is 10.4. The molecular formula is C19H22BrCl. The fourth-order valence-electron chi connectivity index (χ4n) is 2.84. The van der Waals surface area contributed by atoms with Crippen LogP contribution in [0.1, 0.15) is 49.9 Å². The van der Waals surface area contributed by atoms with Gasteiger partial charge in [-0.15, -0.1) is 11.6 Å². The van der Waals surface area contributed by atoms with Crippen molar-refractivity contribution in [3.05, 3.63) is 67.2 Å². The van der Waals surface area contributed by atoms with E-state index in [-0.39, 0.29) is 5.38 Å². The minimum absolute atomic E-state index is 0.111. The molecule has 0 aliphatic carbocycles. The molecule has 2 aromatic carbocycles. The van der Waals surface area contributed by atoms with Gasteiger partial charge in [-0.05, 0) is 92.1 Å². The lowest BCUT2D eigenvalue weighted by Crippen LogP contribution is -2.06. The van der Waals surface area contributed by atoms with Crippen LogP contribution < -0.4 is 0 Å². The molecule has 0 aliphatic rings. The third kappa shape index (κ3) is 2.91. The number of hydrogen-bond donors (Lipinski definition) is 0. The number of alkyl halides is 1.